The minimum Gasteiger partial charge on any atom is -0.392 e. The van der Waals surface area contributed by atoms with Crippen molar-refractivity contribution in [2.45, 2.75) is 12.2 Å². The van der Waals surface area contributed by atoms with Gasteiger partial charge in [-0.1, -0.05) is 12.2 Å². The number of hydrogen-bond donors (Lipinski definition) is 3. The molecule has 10 heavy (non-hydrogen) atoms. The third-order valence-corrected chi connectivity index (χ3v) is 1.39. The van der Waals surface area contributed by atoms with Crippen LogP contribution in [0.25, 0.3) is 0 Å². The average Bonchev–Trinajstić information content (AvgIpc) is 1.86. The first kappa shape index (κ1) is 7.47. The lowest BCUT2D eigenvalue weighted by atomic mass is 10.0. The Balaban J connectivity index is 2.68. The predicted octanol–water partition coefficient (Wildman–Crippen LogP) is -0.454. The molecule has 3 N–H and O–H groups in total. The highest BCUT2D eigenvalue weighted by Crippen LogP contribution is 2.19. The molecule has 1 aliphatic carbocycles. The summed E-state index contributed by atoms with van der Waals surface area (Å²) in [6.45, 7) is -0.118. The Kier molecular flexibility index (Phi) is 1.89. The molecule has 0 radical (unpaired) electrons. The summed E-state index contributed by atoms with van der Waals surface area (Å²) < 4.78 is 0. The fraction of sp³-hybridized carbons (Fsp3) is 0.429. The van der Waals surface area contributed by atoms with Gasteiger partial charge in [-0.3, -0.25) is 0 Å². The molecular formula is C7H10O3. The van der Waals surface area contributed by atoms with Crippen LogP contribution in [0.2, 0.25) is 0 Å². The third kappa shape index (κ3) is 1.67. The van der Waals surface area contributed by atoms with Crippen LogP contribution in [0.15, 0.2) is 23.8 Å². The van der Waals surface area contributed by atoms with E-state index in [2.05, 4.69) is 0 Å². The molecule has 0 fully saturated rings. The summed E-state index contributed by atoms with van der Waals surface area (Å²) >= 11 is 0. The zero-order chi connectivity index (χ0) is 7.61. The van der Waals surface area contributed by atoms with Crippen LogP contribution in [0, 0.1) is 0 Å². The minimum absolute atomic E-state index is 0.0972. The van der Waals surface area contributed by atoms with Crippen LogP contribution in [0.3, 0.4) is 0 Å². The lowest BCUT2D eigenvalue weighted by molar-refractivity contribution is -0.118. The van der Waals surface area contributed by atoms with E-state index in [1.807, 2.05) is 0 Å². The number of aliphatic hydroxyl groups excluding tert-OH is 1. The van der Waals surface area contributed by atoms with Gasteiger partial charge in [0, 0.05) is 6.42 Å². The van der Waals surface area contributed by atoms with Crippen LogP contribution in [-0.4, -0.2) is 27.7 Å². The Labute approximate surface area is 58.9 Å². The molecule has 0 amide bonds. The zero-order valence-corrected chi connectivity index (χ0v) is 5.49. The molecule has 3 heteroatoms. The van der Waals surface area contributed by atoms with Gasteiger partial charge in [0.1, 0.15) is 0 Å². The van der Waals surface area contributed by atoms with Crippen molar-refractivity contribution in [3.63, 3.8) is 0 Å². The van der Waals surface area contributed by atoms with E-state index in [9.17, 15) is 0 Å². The van der Waals surface area contributed by atoms with Crippen molar-refractivity contribution in [1.29, 1.82) is 0 Å². The highest BCUT2D eigenvalue weighted by molar-refractivity contribution is 5.22. The van der Waals surface area contributed by atoms with Gasteiger partial charge in [-0.25, -0.2) is 0 Å². The molecule has 3 nitrogen and oxygen atoms in total. The van der Waals surface area contributed by atoms with Gasteiger partial charge in [-0.05, 0) is 11.6 Å². The first-order valence-corrected chi connectivity index (χ1v) is 3.07. The molecule has 1 aliphatic rings. The fourth-order valence-electron chi connectivity index (χ4n) is 0.899. The van der Waals surface area contributed by atoms with Crippen molar-refractivity contribution in [1.82, 2.24) is 0 Å². The largest absolute Gasteiger partial charge is 0.392 e. The third-order valence-electron chi connectivity index (χ3n) is 1.39. The first-order valence-electron chi connectivity index (χ1n) is 3.07. The van der Waals surface area contributed by atoms with Gasteiger partial charge in [0.2, 0.25) is 0 Å². The van der Waals surface area contributed by atoms with E-state index in [0.29, 0.717) is 5.57 Å². The summed E-state index contributed by atoms with van der Waals surface area (Å²) in [6, 6.07) is 0. The molecule has 0 atom stereocenters. The normalized spacial score (nSPS) is 22.5. The fourth-order valence-corrected chi connectivity index (χ4v) is 0.899. The number of hydrogen-bond acceptors (Lipinski definition) is 3. The Morgan fingerprint density at radius 3 is 2.60 bits per heavy atom. The maximum absolute atomic E-state index is 8.99. The van der Waals surface area contributed by atoms with E-state index >= 15 is 0 Å². The standard InChI is InChI=1S/C7H10O3/c8-5-6-2-1-3-7(9,10)4-6/h1-3,8-10H,4-5H2. The number of aliphatic hydroxyl groups is 3. The van der Waals surface area contributed by atoms with Crippen LogP contribution in [0.5, 0.6) is 0 Å². The summed E-state index contributed by atoms with van der Waals surface area (Å²) in [7, 11) is 0. The molecule has 0 saturated heterocycles. The van der Waals surface area contributed by atoms with E-state index in [1.165, 1.54) is 12.2 Å². The second-order valence-electron chi connectivity index (χ2n) is 2.40. The van der Waals surface area contributed by atoms with Crippen molar-refractivity contribution in [3.8, 4) is 0 Å². The Morgan fingerprint density at radius 2 is 2.20 bits per heavy atom. The van der Waals surface area contributed by atoms with E-state index in [1.54, 1.807) is 6.08 Å². The molecule has 56 valence electrons. The SMILES string of the molecule is OCC1=CC=CC(O)(O)C1. The van der Waals surface area contributed by atoms with Gasteiger partial charge in [0.05, 0.1) is 6.61 Å². The van der Waals surface area contributed by atoms with Crippen LogP contribution >= 0.6 is 0 Å². The molecule has 0 aliphatic heterocycles. The molecule has 0 aromatic carbocycles. The number of rotatable bonds is 1. The monoisotopic (exact) mass is 142 g/mol. The summed E-state index contributed by atoms with van der Waals surface area (Å²) in [4.78, 5) is 0. The Hall–Kier alpha value is -0.640. The summed E-state index contributed by atoms with van der Waals surface area (Å²) in [5.74, 6) is -1.76. The average molecular weight is 142 g/mol. The second-order valence-corrected chi connectivity index (χ2v) is 2.40. The smallest absolute Gasteiger partial charge is 0.186 e. The van der Waals surface area contributed by atoms with Crippen LogP contribution in [-0.2, 0) is 0 Å². The minimum atomic E-state index is -1.76. The second kappa shape index (κ2) is 2.54. The van der Waals surface area contributed by atoms with E-state index in [4.69, 9.17) is 15.3 Å². The van der Waals surface area contributed by atoms with Gasteiger partial charge in [-0.2, -0.15) is 0 Å². The molecule has 0 heterocycles. The molecule has 0 unspecified atom stereocenters. The highest BCUT2D eigenvalue weighted by Gasteiger charge is 2.22. The van der Waals surface area contributed by atoms with E-state index in [-0.39, 0.29) is 13.0 Å². The highest BCUT2D eigenvalue weighted by atomic mass is 16.5. The van der Waals surface area contributed by atoms with Crippen molar-refractivity contribution in [3.05, 3.63) is 23.8 Å². The molecule has 0 aromatic heterocycles. The lowest BCUT2D eigenvalue weighted by Gasteiger charge is -2.20. The van der Waals surface area contributed by atoms with Gasteiger partial charge in [0.15, 0.2) is 5.79 Å². The van der Waals surface area contributed by atoms with Gasteiger partial charge in [0.25, 0.3) is 0 Å². The molecule has 0 aromatic rings. The molecule has 0 spiro atoms. The summed E-state index contributed by atoms with van der Waals surface area (Å²) in [6.07, 6.45) is 4.58. The van der Waals surface area contributed by atoms with Gasteiger partial charge < -0.3 is 15.3 Å². The lowest BCUT2D eigenvalue weighted by Crippen LogP contribution is -2.27. The summed E-state index contributed by atoms with van der Waals surface area (Å²) in [5, 5.41) is 26.6. The van der Waals surface area contributed by atoms with Gasteiger partial charge >= 0.3 is 0 Å². The van der Waals surface area contributed by atoms with E-state index in [0.717, 1.165) is 0 Å². The van der Waals surface area contributed by atoms with Crippen molar-refractivity contribution < 1.29 is 15.3 Å². The predicted molar refractivity (Wildman–Crippen MR) is 36.1 cm³/mol. The van der Waals surface area contributed by atoms with Crippen LogP contribution in [0.4, 0.5) is 0 Å². The van der Waals surface area contributed by atoms with Crippen LogP contribution in [0.1, 0.15) is 6.42 Å². The van der Waals surface area contributed by atoms with Crippen molar-refractivity contribution in [2.75, 3.05) is 6.61 Å². The van der Waals surface area contributed by atoms with E-state index < -0.39 is 5.79 Å². The first-order chi connectivity index (χ1) is 4.64. The molecule has 0 bridgehead atoms. The van der Waals surface area contributed by atoms with Gasteiger partial charge in [-0.15, -0.1) is 0 Å². The molecule has 1 rings (SSSR count). The Bertz CT molecular complexity index is 179. The maximum Gasteiger partial charge on any atom is 0.186 e. The van der Waals surface area contributed by atoms with Crippen molar-refractivity contribution in [2.24, 2.45) is 0 Å². The topological polar surface area (TPSA) is 60.7 Å². The molecule has 0 saturated carbocycles. The van der Waals surface area contributed by atoms with Crippen molar-refractivity contribution >= 4 is 0 Å². The van der Waals surface area contributed by atoms with Crippen LogP contribution < -0.4 is 0 Å². The Morgan fingerprint density at radius 1 is 1.50 bits per heavy atom. The number of allylic oxidation sites excluding steroid dienone is 2. The molecular weight excluding hydrogens is 132 g/mol. The quantitative estimate of drug-likeness (QED) is 0.434. The summed E-state index contributed by atoms with van der Waals surface area (Å²) in [5.41, 5.74) is 0.632. The maximum atomic E-state index is 8.99. The zero-order valence-electron chi connectivity index (χ0n) is 5.49.